The van der Waals surface area contributed by atoms with E-state index in [0.29, 0.717) is 24.7 Å². The lowest BCUT2D eigenvalue weighted by Gasteiger charge is -2.15. The van der Waals surface area contributed by atoms with Crippen molar-refractivity contribution in [2.24, 2.45) is 0 Å². The standard InChI is InChI=1S/C22H22O3/c1-17(23)20-12-13-21(24-15-18-8-4-2-5-9-18)22(14-20)25-16-19-10-6-3-7-11-19/h2-14,17,23H,15-16H2,1H3. The summed E-state index contributed by atoms with van der Waals surface area (Å²) in [6, 6.07) is 25.5. The minimum atomic E-state index is -0.553. The number of hydrogen-bond acceptors (Lipinski definition) is 3. The van der Waals surface area contributed by atoms with E-state index in [1.165, 1.54) is 0 Å². The summed E-state index contributed by atoms with van der Waals surface area (Å²) in [6.45, 7) is 2.66. The summed E-state index contributed by atoms with van der Waals surface area (Å²) in [4.78, 5) is 0. The number of ether oxygens (including phenoxy) is 2. The average Bonchev–Trinajstić information content (AvgIpc) is 2.66. The molecule has 3 aromatic carbocycles. The Hall–Kier alpha value is -2.78. The molecule has 1 N–H and O–H groups in total. The Morgan fingerprint density at radius 3 is 1.76 bits per heavy atom. The van der Waals surface area contributed by atoms with Crippen molar-refractivity contribution in [3.63, 3.8) is 0 Å². The molecule has 0 aliphatic heterocycles. The van der Waals surface area contributed by atoms with Crippen molar-refractivity contribution in [1.29, 1.82) is 0 Å². The second-order valence-electron chi connectivity index (χ2n) is 5.93. The Kier molecular flexibility index (Phi) is 5.70. The molecule has 3 nitrogen and oxygen atoms in total. The summed E-state index contributed by atoms with van der Waals surface area (Å²) in [5.41, 5.74) is 2.98. The fraction of sp³-hybridized carbons (Fsp3) is 0.182. The highest BCUT2D eigenvalue weighted by Crippen LogP contribution is 2.32. The third-order valence-electron chi connectivity index (χ3n) is 3.92. The van der Waals surface area contributed by atoms with Crippen LogP contribution in [0.4, 0.5) is 0 Å². The van der Waals surface area contributed by atoms with Crippen molar-refractivity contribution in [1.82, 2.24) is 0 Å². The van der Waals surface area contributed by atoms with Gasteiger partial charge in [-0.25, -0.2) is 0 Å². The lowest BCUT2D eigenvalue weighted by molar-refractivity contribution is 0.197. The summed E-state index contributed by atoms with van der Waals surface area (Å²) in [7, 11) is 0. The van der Waals surface area contributed by atoms with Gasteiger partial charge in [0.2, 0.25) is 0 Å². The highest BCUT2D eigenvalue weighted by molar-refractivity contribution is 5.44. The molecule has 3 aromatic rings. The van der Waals surface area contributed by atoms with Gasteiger partial charge in [-0.2, -0.15) is 0 Å². The summed E-state index contributed by atoms with van der Waals surface area (Å²) >= 11 is 0. The smallest absolute Gasteiger partial charge is 0.162 e. The topological polar surface area (TPSA) is 38.7 Å². The molecule has 0 saturated carbocycles. The molecule has 0 aliphatic carbocycles. The van der Waals surface area contributed by atoms with Crippen molar-refractivity contribution in [3.05, 3.63) is 95.6 Å². The van der Waals surface area contributed by atoms with Crippen LogP contribution in [0.3, 0.4) is 0 Å². The molecule has 128 valence electrons. The van der Waals surface area contributed by atoms with Gasteiger partial charge in [-0.05, 0) is 35.7 Å². The largest absolute Gasteiger partial charge is 0.485 e. The summed E-state index contributed by atoms with van der Waals surface area (Å²) < 4.78 is 11.9. The molecule has 1 atom stereocenters. The van der Waals surface area contributed by atoms with Crippen molar-refractivity contribution in [2.45, 2.75) is 26.2 Å². The number of hydrogen-bond donors (Lipinski definition) is 1. The molecule has 0 bridgehead atoms. The van der Waals surface area contributed by atoms with Crippen LogP contribution in [0.1, 0.15) is 29.7 Å². The predicted octanol–water partition coefficient (Wildman–Crippen LogP) is 4.90. The minimum absolute atomic E-state index is 0.450. The van der Waals surface area contributed by atoms with E-state index in [-0.39, 0.29) is 0 Å². The second kappa shape index (κ2) is 8.36. The number of aliphatic hydroxyl groups excluding tert-OH is 1. The Morgan fingerprint density at radius 1 is 0.720 bits per heavy atom. The molecule has 0 saturated heterocycles. The monoisotopic (exact) mass is 334 g/mol. The zero-order valence-electron chi connectivity index (χ0n) is 14.3. The van der Waals surface area contributed by atoms with Crippen molar-refractivity contribution in [2.75, 3.05) is 0 Å². The quantitative estimate of drug-likeness (QED) is 0.668. The number of benzene rings is 3. The molecule has 0 heterocycles. The van der Waals surface area contributed by atoms with Gasteiger partial charge in [-0.3, -0.25) is 0 Å². The number of rotatable bonds is 7. The van der Waals surface area contributed by atoms with Crippen LogP contribution < -0.4 is 9.47 Å². The van der Waals surface area contributed by atoms with E-state index in [9.17, 15) is 5.11 Å². The first kappa shape index (κ1) is 17.1. The molecule has 0 amide bonds. The van der Waals surface area contributed by atoms with Gasteiger partial charge in [0.1, 0.15) is 13.2 Å². The van der Waals surface area contributed by atoms with Gasteiger partial charge in [-0.15, -0.1) is 0 Å². The van der Waals surface area contributed by atoms with E-state index in [2.05, 4.69) is 0 Å². The van der Waals surface area contributed by atoms with Gasteiger partial charge in [0.15, 0.2) is 11.5 Å². The van der Waals surface area contributed by atoms with Crippen LogP contribution in [0.5, 0.6) is 11.5 Å². The van der Waals surface area contributed by atoms with Crippen molar-refractivity contribution >= 4 is 0 Å². The van der Waals surface area contributed by atoms with Crippen LogP contribution >= 0.6 is 0 Å². The van der Waals surface area contributed by atoms with E-state index >= 15 is 0 Å². The predicted molar refractivity (Wildman–Crippen MR) is 98.6 cm³/mol. The Balaban J connectivity index is 1.76. The maximum atomic E-state index is 9.84. The fourth-order valence-electron chi connectivity index (χ4n) is 2.49. The normalized spacial score (nSPS) is 11.8. The Labute approximate surface area is 148 Å². The minimum Gasteiger partial charge on any atom is -0.485 e. The summed E-state index contributed by atoms with van der Waals surface area (Å²) in [6.07, 6.45) is -0.553. The van der Waals surface area contributed by atoms with Gasteiger partial charge in [-0.1, -0.05) is 66.7 Å². The van der Waals surface area contributed by atoms with Gasteiger partial charge in [0.25, 0.3) is 0 Å². The van der Waals surface area contributed by atoms with E-state index in [1.54, 1.807) is 6.92 Å². The van der Waals surface area contributed by atoms with Gasteiger partial charge in [0.05, 0.1) is 6.10 Å². The Bertz CT molecular complexity index is 783. The van der Waals surface area contributed by atoms with Crippen LogP contribution in [0.2, 0.25) is 0 Å². The van der Waals surface area contributed by atoms with Crippen LogP contribution in [-0.4, -0.2) is 5.11 Å². The first-order valence-corrected chi connectivity index (χ1v) is 8.38. The molecule has 0 aliphatic rings. The molecule has 0 radical (unpaired) electrons. The van der Waals surface area contributed by atoms with Crippen molar-refractivity contribution in [3.8, 4) is 11.5 Å². The van der Waals surface area contributed by atoms with Gasteiger partial charge >= 0.3 is 0 Å². The highest BCUT2D eigenvalue weighted by Gasteiger charge is 2.10. The van der Waals surface area contributed by atoms with Crippen LogP contribution in [0.25, 0.3) is 0 Å². The first-order chi connectivity index (χ1) is 12.2. The molecular weight excluding hydrogens is 312 g/mol. The molecule has 3 rings (SSSR count). The Morgan fingerprint density at radius 2 is 1.24 bits per heavy atom. The average molecular weight is 334 g/mol. The zero-order chi connectivity index (χ0) is 17.5. The third kappa shape index (κ3) is 4.85. The maximum Gasteiger partial charge on any atom is 0.162 e. The molecule has 0 fully saturated rings. The number of aliphatic hydroxyl groups is 1. The van der Waals surface area contributed by atoms with E-state index in [4.69, 9.17) is 9.47 Å². The fourth-order valence-corrected chi connectivity index (χ4v) is 2.49. The lowest BCUT2D eigenvalue weighted by Crippen LogP contribution is -2.02. The van der Waals surface area contributed by atoms with Gasteiger partial charge < -0.3 is 14.6 Å². The highest BCUT2D eigenvalue weighted by atomic mass is 16.5. The molecule has 3 heteroatoms. The van der Waals surface area contributed by atoms with Crippen LogP contribution in [-0.2, 0) is 13.2 Å². The third-order valence-corrected chi connectivity index (χ3v) is 3.92. The SMILES string of the molecule is CC(O)c1ccc(OCc2ccccc2)c(OCc2ccccc2)c1. The van der Waals surface area contributed by atoms with Crippen LogP contribution in [0.15, 0.2) is 78.9 Å². The summed E-state index contributed by atoms with van der Waals surface area (Å²) in [5, 5.41) is 9.84. The lowest BCUT2D eigenvalue weighted by atomic mass is 10.1. The van der Waals surface area contributed by atoms with Crippen LogP contribution in [0, 0.1) is 0 Å². The molecule has 25 heavy (non-hydrogen) atoms. The summed E-state index contributed by atoms with van der Waals surface area (Å²) in [5.74, 6) is 1.31. The molecule has 0 aromatic heterocycles. The first-order valence-electron chi connectivity index (χ1n) is 8.38. The van der Waals surface area contributed by atoms with E-state index in [1.807, 2.05) is 78.9 Å². The van der Waals surface area contributed by atoms with Crippen molar-refractivity contribution < 1.29 is 14.6 Å². The van der Waals surface area contributed by atoms with Gasteiger partial charge in [0, 0.05) is 0 Å². The zero-order valence-corrected chi connectivity index (χ0v) is 14.3. The van der Waals surface area contributed by atoms with E-state index < -0.39 is 6.10 Å². The second-order valence-corrected chi connectivity index (χ2v) is 5.93. The molecular formula is C22H22O3. The molecule has 1 unspecified atom stereocenters. The maximum absolute atomic E-state index is 9.84. The van der Waals surface area contributed by atoms with E-state index in [0.717, 1.165) is 16.7 Å². The molecule has 0 spiro atoms.